The van der Waals surface area contributed by atoms with E-state index in [-0.39, 0.29) is 6.79 Å². The molecule has 11 heavy (non-hydrogen) atoms. The molecule has 0 aliphatic carbocycles. The number of hydrogen-bond donors (Lipinski definition) is 1. The van der Waals surface area contributed by atoms with Crippen LogP contribution in [0.1, 0.15) is 0 Å². The predicted octanol–water partition coefficient (Wildman–Crippen LogP) is 0.764. The Morgan fingerprint density at radius 1 is 1.36 bits per heavy atom. The molecule has 2 aliphatic heterocycles. The molecular formula is C7H7NO3. The number of hydroxylamine groups is 1. The summed E-state index contributed by atoms with van der Waals surface area (Å²) >= 11 is 0. The number of fused-ring (bicyclic) bond motifs is 1. The first kappa shape index (κ1) is 6.15. The van der Waals surface area contributed by atoms with Gasteiger partial charge in [-0.2, -0.15) is 0 Å². The third-order valence-electron chi connectivity index (χ3n) is 1.34. The van der Waals surface area contributed by atoms with Crippen LogP contribution in [-0.4, -0.2) is 6.79 Å². The van der Waals surface area contributed by atoms with E-state index in [0.29, 0.717) is 5.76 Å². The summed E-state index contributed by atoms with van der Waals surface area (Å²) in [5.74, 6) is 0.671. The minimum absolute atomic E-state index is 0.219. The molecule has 2 aliphatic rings. The summed E-state index contributed by atoms with van der Waals surface area (Å²) in [6.45, 7) is 0.219. The average molecular weight is 153 g/mol. The third-order valence-corrected chi connectivity index (χ3v) is 1.34. The van der Waals surface area contributed by atoms with Crippen LogP contribution >= 0.6 is 0 Å². The van der Waals surface area contributed by atoms with E-state index in [1.165, 1.54) is 6.26 Å². The highest BCUT2D eigenvalue weighted by Crippen LogP contribution is 2.17. The Bertz CT molecular complexity index is 242. The van der Waals surface area contributed by atoms with Gasteiger partial charge in [-0.25, -0.2) is 5.48 Å². The molecule has 0 aromatic rings. The topological polar surface area (TPSA) is 39.7 Å². The van der Waals surface area contributed by atoms with Gasteiger partial charge in [0.1, 0.15) is 6.26 Å². The van der Waals surface area contributed by atoms with Gasteiger partial charge < -0.3 is 14.3 Å². The van der Waals surface area contributed by atoms with E-state index in [1.54, 1.807) is 18.5 Å². The van der Waals surface area contributed by atoms with Gasteiger partial charge in [-0.15, -0.1) is 0 Å². The van der Waals surface area contributed by atoms with E-state index in [1.807, 2.05) is 0 Å². The van der Waals surface area contributed by atoms with Crippen LogP contribution in [0.5, 0.6) is 0 Å². The number of ether oxygens (including phenoxy) is 2. The van der Waals surface area contributed by atoms with Gasteiger partial charge in [-0.05, 0) is 6.08 Å². The highest BCUT2D eigenvalue weighted by atomic mass is 16.7. The highest BCUT2D eigenvalue weighted by molar-refractivity contribution is 5.36. The highest BCUT2D eigenvalue weighted by Gasteiger charge is 2.11. The van der Waals surface area contributed by atoms with Gasteiger partial charge in [0.25, 0.3) is 0 Å². The SMILES string of the molecule is C1=CC2=CNOC2=COCO1. The fourth-order valence-corrected chi connectivity index (χ4v) is 0.819. The van der Waals surface area contributed by atoms with Gasteiger partial charge >= 0.3 is 0 Å². The zero-order valence-corrected chi connectivity index (χ0v) is 5.74. The summed E-state index contributed by atoms with van der Waals surface area (Å²) in [5, 5.41) is 0. The molecule has 4 heteroatoms. The second-order valence-electron chi connectivity index (χ2n) is 2.06. The van der Waals surface area contributed by atoms with E-state index in [9.17, 15) is 0 Å². The third kappa shape index (κ3) is 1.14. The first-order valence-corrected chi connectivity index (χ1v) is 3.20. The normalized spacial score (nSPS) is 20.4. The Labute approximate surface area is 63.7 Å². The molecule has 0 spiro atoms. The number of allylic oxidation sites excluding steroid dienone is 1. The second kappa shape index (κ2) is 2.57. The molecule has 0 saturated carbocycles. The van der Waals surface area contributed by atoms with Gasteiger partial charge in [0.15, 0.2) is 5.76 Å². The molecule has 0 aromatic heterocycles. The molecular weight excluding hydrogens is 146 g/mol. The van der Waals surface area contributed by atoms with Crippen molar-refractivity contribution >= 4 is 0 Å². The van der Waals surface area contributed by atoms with Crippen molar-refractivity contribution in [1.29, 1.82) is 0 Å². The van der Waals surface area contributed by atoms with Crippen LogP contribution in [0.15, 0.2) is 36.1 Å². The lowest BCUT2D eigenvalue weighted by atomic mass is 10.2. The van der Waals surface area contributed by atoms with E-state index < -0.39 is 0 Å². The van der Waals surface area contributed by atoms with E-state index in [2.05, 4.69) is 5.48 Å². The van der Waals surface area contributed by atoms with Crippen LogP contribution in [0.2, 0.25) is 0 Å². The Kier molecular flexibility index (Phi) is 1.44. The standard InChI is InChI=1S/C7H7NO3/c1-2-9-5-10-4-7-6(1)3-8-11-7/h1-4,8H,5H2. The maximum absolute atomic E-state index is 4.98. The quantitative estimate of drug-likeness (QED) is 0.557. The molecule has 58 valence electrons. The number of rotatable bonds is 0. The first-order valence-electron chi connectivity index (χ1n) is 3.20. The Morgan fingerprint density at radius 2 is 2.36 bits per heavy atom. The van der Waals surface area contributed by atoms with Crippen molar-refractivity contribution < 1.29 is 14.3 Å². The minimum Gasteiger partial charge on any atom is -0.465 e. The first-order chi connectivity index (χ1) is 5.47. The summed E-state index contributed by atoms with van der Waals surface area (Å²) in [7, 11) is 0. The summed E-state index contributed by atoms with van der Waals surface area (Å²) in [6, 6.07) is 0. The van der Waals surface area contributed by atoms with Crippen LogP contribution in [0.3, 0.4) is 0 Å². The van der Waals surface area contributed by atoms with Gasteiger partial charge in [-0.1, -0.05) is 0 Å². The predicted molar refractivity (Wildman–Crippen MR) is 36.6 cm³/mol. The van der Waals surface area contributed by atoms with Crippen LogP contribution in [0.25, 0.3) is 0 Å². The zero-order valence-electron chi connectivity index (χ0n) is 5.74. The van der Waals surface area contributed by atoms with E-state index in [4.69, 9.17) is 14.3 Å². The van der Waals surface area contributed by atoms with Crippen molar-refractivity contribution in [2.24, 2.45) is 0 Å². The molecule has 0 fully saturated rings. The van der Waals surface area contributed by atoms with Crippen LogP contribution < -0.4 is 5.48 Å². The molecule has 0 unspecified atom stereocenters. The van der Waals surface area contributed by atoms with Crippen molar-refractivity contribution in [3.05, 3.63) is 36.1 Å². The maximum atomic E-state index is 4.98. The largest absolute Gasteiger partial charge is 0.465 e. The molecule has 4 nitrogen and oxygen atoms in total. The van der Waals surface area contributed by atoms with Crippen molar-refractivity contribution in [3.8, 4) is 0 Å². The van der Waals surface area contributed by atoms with Crippen molar-refractivity contribution in [2.45, 2.75) is 0 Å². The summed E-state index contributed by atoms with van der Waals surface area (Å²) < 4.78 is 9.86. The van der Waals surface area contributed by atoms with Crippen molar-refractivity contribution in [2.75, 3.05) is 6.79 Å². The molecule has 0 aromatic carbocycles. The molecule has 0 saturated heterocycles. The van der Waals surface area contributed by atoms with Crippen molar-refractivity contribution in [3.63, 3.8) is 0 Å². The van der Waals surface area contributed by atoms with Crippen LogP contribution in [-0.2, 0) is 14.3 Å². The summed E-state index contributed by atoms with van der Waals surface area (Å²) in [5.41, 5.74) is 3.51. The lowest BCUT2D eigenvalue weighted by Gasteiger charge is -2.05. The van der Waals surface area contributed by atoms with Crippen LogP contribution in [0.4, 0.5) is 0 Å². The average Bonchev–Trinajstić information content (AvgIpc) is 2.35. The smallest absolute Gasteiger partial charge is 0.229 e. The Balaban J connectivity index is 2.24. The molecule has 1 N–H and O–H groups in total. The van der Waals surface area contributed by atoms with Gasteiger partial charge in [0.2, 0.25) is 6.79 Å². The number of hydrogen-bond acceptors (Lipinski definition) is 4. The fraction of sp³-hybridized carbons (Fsp3) is 0.143. The van der Waals surface area contributed by atoms with Crippen molar-refractivity contribution in [1.82, 2.24) is 5.48 Å². The fourth-order valence-electron chi connectivity index (χ4n) is 0.819. The van der Waals surface area contributed by atoms with E-state index in [0.717, 1.165) is 5.57 Å². The minimum atomic E-state index is 0.219. The summed E-state index contributed by atoms with van der Waals surface area (Å²) in [4.78, 5) is 4.98. The Hall–Kier alpha value is -1.58. The Morgan fingerprint density at radius 3 is 3.36 bits per heavy atom. The van der Waals surface area contributed by atoms with Gasteiger partial charge in [0.05, 0.1) is 6.26 Å². The summed E-state index contributed by atoms with van der Waals surface area (Å²) in [6.07, 6.45) is 6.60. The lowest BCUT2D eigenvalue weighted by Crippen LogP contribution is -1.99. The molecule has 2 heterocycles. The van der Waals surface area contributed by atoms with Gasteiger partial charge in [0, 0.05) is 11.8 Å². The zero-order chi connectivity index (χ0) is 7.52. The second-order valence-corrected chi connectivity index (χ2v) is 2.06. The van der Waals surface area contributed by atoms with Gasteiger partial charge in [-0.3, -0.25) is 0 Å². The molecule has 0 bridgehead atoms. The molecule has 0 atom stereocenters. The molecule has 0 amide bonds. The maximum Gasteiger partial charge on any atom is 0.229 e. The van der Waals surface area contributed by atoms with Crippen LogP contribution in [0, 0.1) is 0 Å². The lowest BCUT2D eigenvalue weighted by molar-refractivity contribution is 0.0351. The monoisotopic (exact) mass is 153 g/mol. The molecule has 0 radical (unpaired) electrons. The number of nitrogens with one attached hydrogen (secondary N) is 1. The van der Waals surface area contributed by atoms with E-state index >= 15 is 0 Å². The molecule has 2 rings (SSSR count).